The number of carbonyl (C=O) groups excluding carboxylic acids is 1. The van der Waals surface area contributed by atoms with Crippen molar-refractivity contribution in [2.45, 2.75) is 33.6 Å². The summed E-state index contributed by atoms with van der Waals surface area (Å²) >= 11 is 0. The summed E-state index contributed by atoms with van der Waals surface area (Å²) < 4.78 is 5.61. The molecule has 1 aromatic rings. The number of Topliss-reactive ketones (excluding diaryl/α,β-unsaturated/α-hetero) is 1. The molecule has 0 aliphatic heterocycles. The van der Waals surface area contributed by atoms with E-state index < -0.39 is 0 Å². The molecule has 86 valence electrons. The van der Waals surface area contributed by atoms with E-state index in [1.807, 2.05) is 19.9 Å². The molecular weight excluding hydrogens is 200 g/mol. The predicted octanol–water partition coefficient (Wildman–Crippen LogP) is 2.97. The van der Waals surface area contributed by atoms with Crippen LogP contribution in [0.2, 0.25) is 0 Å². The van der Waals surface area contributed by atoms with Crippen LogP contribution in [0.15, 0.2) is 12.1 Å². The van der Waals surface area contributed by atoms with E-state index in [0.29, 0.717) is 0 Å². The van der Waals surface area contributed by atoms with Crippen molar-refractivity contribution < 1.29 is 9.53 Å². The fourth-order valence-corrected chi connectivity index (χ4v) is 1.82. The normalized spacial score (nSPS) is 14.9. The van der Waals surface area contributed by atoms with Gasteiger partial charge in [0.1, 0.15) is 12.4 Å². The molecule has 0 N–H and O–H groups in total. The first-order valence-electron chi connectivity index (χ1n) is 5.81. The van der Waals surface area contributed by atoms with Crippen LogP contribution in [-0.4, -0.2) is 12.4 Å². The van der Waals surface area contributed by atoms with Gasteiger partial charge in [0.25, 0.3) is 0 Å². The van der Waals surface area contributed by atoms with Crippen molar-refractivity contribution in [2.24, 2.45) is 5.92 Å². The first-order chi connectivity index (χ1) is 7.58. The second kappa shape index (κ2) is 4.28. The standard InChI is InChI=1S/C14H18O2/c1-9-6-10(2)11(3)14(7-9)16-8-13(15)12-4-5-12/h6-7,12H,4-5,8H2,1-3H3. The average molecular weight is 218 g/mol. The highest BCUT2D eigenvalue weighted by Gasteiger charge is 2.29. The van der Waals surface area contributed by atoms with E-state index in [0.717, 1.165) is 24.2 Å². The minimum atomic E-state index is 0.231. The van der Waals surface area contributed by atoms with Gasteiger partial charge in [-0.25, -0.2) is 0 Å². The number of aryl methyl sites for hydroxylation is 2. The molecule has 1 aliphatic rings. The van der Waals surface area contributed by atoms with Gasteiger partial charge in [-0.3, -0.25) is 4.79 Å². The molecule has 2 nitrogen and oxygen atoms in total. The van der Waals surface area contributed by atoms with E-state index in [1.165, 1.54) is 11.1 Å². The highest BCUT2D eigenvalue weighted by atomic mass is 16.5. The van der Waals surface area contributed by atoms with Crippen molar-refractivity contribution >= 4 is 5.78 Å². The van der Waals surface area contributed by atoms with Crippen LogP contribution in [-0.2, 0) is 4.79 Å². The average Bonchev–Trinajstić information content (AvgIpc) is 3.04. The Kier molecular flexibility index (Phi) is 2.99. The number of ketones is 1. The topological polar surface area (TPSA) is 26.3 Å². The summed E-state index contributed by atoms with van der Waals surface area (Å²) in [6.45, 7) is 6.38. The summed E-state index contributed by atoms with van der Waals surface area (Å²) in [5, 5.41) is 0. The van der Waals surface area contributed by atoms with Crippen LogP contribution in [0.1, 0.15) is 29.5 Å². The Labute approximate surface area is 96.6 Å². The smallest absolute Gasteiger partial charge is 0.173 e. The van der Waals surface area contributed by atoms with Gasteiger partial charge in [-0.2, -0.15) is 0 Å². The van der Waals surface area contributed by atoms with Gasteiger partial charge in [0, 0.05) is 5.92 Å². The molecule has 0 bridgehead atoms. The minimum Gasteiger partial charge on any atom is -0.486 e. The molecule has 0 heterocycles. The molecule has 0 amide bonds. The molecule has 1 aromatic carbocycles. The summed E-state index contributed by atoms with van der Waals surface area (Å²) in [7, 11) is 0. The Balaban J connectivity index is 2.05. The lowest BCUT2D eigenvalue weighted by Gasteiger charge is -2.11. The van der Waals surface area contributed by atoms with Crippen molar-refractivity contribution in [3.63, 3.8) is 0 Å². The van der Waals surface area contributed by atoms with E-state index in [1.54, 1.807) is 0 Å². The molecular formula is C14H18O2. The van der Waals surface area contributed by atoms with Crippen LogP contribution in [0.25, 0.3) is 0 Å². The van der Waals surface area contributed by atoms with Crippen LogP contribution < -0.4 is 4.74 Å². The molecule has 0 aromatic heterocycles. The van der Waals surface area contributed by atoms with E-state index in [9.17, 15) is 4.79 Å². The first kappa shape index (κ1) is 11.2. The maximum absolute atomic E-state index is 11.5. The second-order valence-electron chi connectivity index (χ2n) is 4.73. The van der Waals surface area contributed by atoms with Crippen molar-refractivity contribution in [2.75, 3.05) is 6.61 Å². The fraction of sp³-hybridized carbons (Fsp3) is 0.500. The summed E-state index contributed by atoms with van der Waals surface area (Å²) in [6, 6.07) is 4.13. The number of ether oxygens (including phenoxy) is 1. The van der Waals surface area contributed by atoms with Crippen molar-refractivity contribution in [1.82, 2.24) is 0 Å². The van der Waals surface area contributed by atoms with E-state index in [2.05, 4.69) is 13.0 Å². The molecule has 0 radical (unpaired) electrons. The molecule has 0 spiro atoms. The molecule has 0 atom stereocenters. The van der Waals surface area contributed by atoms with Gasteiger partial charge in [0.15, 0.2) is 5.78 Å². The van der Waals surface area contributed by atoms with Gasteiger partial charge in [-0.15, -0.1) is 0 Å². The summed E-state index contributed by atoms with van der Waals surface area (Å²) in [6.07, 6.45) is 2.10. The third kappa shape index (κ3) is 2.43. The number of hydrogen-bond acceptors (Lipinski definition) is 2. The lowest BCUT2D eigenvalue weighted by atomic mass is 10.1. The molecule has 1 fully saturated rings. The van der Waals surface area contributed by atoms with Gasteiger partial charge < -0.3 is 4.74 Å². The number of rotatable bonds is 4. The minimum absolute atomic E-state index is 0.231. The quantitative estimate of drug-likeness (QED) is 0.776. The number of benzene rings is 1. The fourth-order valence-electron chi connectivity index (χ4n) is 1.82. The summed E-state index contributed by atoms with van der Waals surface area (Å²) in [4.78, 5) is 11.5. The third-order valence-electron chi connectivity index (χ3n) is 3.17. The van der Waals surface area contributed by atoms with Gasteiger partial charge in [-0.1, -0.05) is 6.07 Å². The third-order valence-corrected chi connectivity index (χ3v) is 3.17. The maximum atomic E-state index is 11.5. The van der Waals surface area contributed by atoms with E-state index >= 15 is 0 Å². The van der Waals surface area contributed by atoms with Crippen LogP contribution in [0, 0.1) is 26.7 Å². The lowest BCUT2D eigenvalue weighted by Crippen LogP contribution is -2.13. The zero-order valence-electron chi connectivity index (χ0n) is 10.2. The Morgan fingerprint density at radius 3 is 2.62 bits per heavy atom. The van der Waals surface area contributed by atoms with Gasteiger partial charge in [-0.05, 0) is 56.4 Å². The van der Waals surface area contributed by atoms with E-state index in [4.69, 9.17) is 4.74 Å². The largest absolute Gasteiger partial charge is 0.486 e. The zero-order chi connectivity index (χ0) is 11.7. The first-order valence-corrected chi connectivity index (χ1v) is 5.81. The molecule has 2 rings (SSSR count). The van der Waals surface area contributed by atoms with Crippen LogP contribution in [0.5, 0.6) is 5.75 Å². The van der Waals surface area contributed by atoms with Gasteiger partial charge in [0.2, 0.25) is 0 Å². The number of hydrogen-bond donors (Lipinski definition) is 0. The van der Waals surface area contributed by atoms with Crippen molar-refractivity contribution in [3.05, 3.63) is 28.8 Å². The Morgan fingerprint density at radius 2 is 2.00 bits per heavy atom. The van der Waals surface area contributed by atoms with Crippen LogP contribution in [0.4, 0.5) is 0 Å². The number of carbonyl (C=O) groups is 1. The Morgan fingerprint density at radius 1 is 1.31 bits per heavy atom. The molecule has 16 heavy (non-hydrogen) atoms. The van der Waals surface area contributed by atoms with Crippen molar-refractivity contribution in [1.29, 1.82) is 0 Å². The highest BCUT2D eigenvalue weighted by Crippen LogP contribution is 2.30. The lowest BCUT2D eigenvalue weighted by molar-refractivity contribution is -0.122. The maximum Gasteiger partial charge on any atom is 0.173 e. The molecule has 0 saturated heterocycles. The summed E-state index contributed by atoms with van der Waals surface area (Å²) in [5.74, 6) is 1.39. The molecule has 2 heteroatoms. The van der Waals surface area contributed by atoms with Gasteiger partial charge in [0.05, 0.1) is 0 Å². The van der Waals surface area contributed by atoms with Crippen molar-refractivity contribution in [3.8, 4) is 5.75 Å². The Bertz CT molecular complexity index is 417. The monoisotopic (exact) mass is 218 g/mol. The van der Waals surface area contributed by atoms with Crippen LogP contribution in [0.3, 0.4) is 0 Å². The Hall–Kier alpha value is -1.31. The molecule has 1 aliphatic carbocycles. The zero-order valence-corrected chi connectivity index (χ0v) is 10.2. The molecule has 0 unspecified atom stereocenters. The highest BCUT2D eigenvalue weighted by molar-refractivity contribution is 5.84. The molecule has 1 saturated carbocycles. The van der Waals surface area contributed by atoms with E-state index in [-0.39, 0.29) is 18.3 Å². The summed E-state index contributed by atoms with van der Waals surface area (Å²) in [5.41, 5.74) is 3.53. The predicted molar refractivity (Wildman–Crippen MR) is 63.9 cm³/mol. The SMILES string of the molecule is Cc1cc(C)c(C)c(OCC(=O)C2CC2)c1. The van der Waals surface area contributed by atoms with Gasteiger partial charge >= 0.3 is 0 Å². The second-order valence-corrected chi connectivity index (χ2v) is 4.73. The van der Waals surface area contributed by atoms with Crippen LogP contribution >= 0.6 is 0 Å².